The van der Waals surface area contributed by atoms with E-state index in [2.05, 4.69) is 4.72 Å². The van der Waals surface area contributed by atoms with Crippen LogP contribution < -0.4 is 15.2 Å². The predicted molar refractivity (Wildman–Crippen MR) is 74.6 cm³/mol. The number of halogens is 2. The van der Waals surface area contributed by atoms with Crippen LogP contribution >= 0.6 is 0 Å². The van der Waals surface area contributed by atoms with E-state index in [1.165, 1.54) is 19.2 Å². The molecule has 5 nitrogen and oxygen atoms in total. The second kappa shape index (κ2) is 5.57. The molecule has 0 fully saturated rings. The van der Waals surface area contributed by atoms with Crippen molar-refractivity contribution in [3.05, 3.63) is 48.0 Å². The number of rotatable bonds is 4. The molecule has 2 rings (SSSR count). The summed E-state index contributed by atoms with van der Waals surface area (Å²) in [7, 11) is -2.76. The van der Waals surface area contributed by atoms with Crippen LogP contribution in [0.15, 0.2) is 41.3 Å². The molecule has 2 aromatic carbocycles. The van der Waals surface area contributed by atoms with Gasteiger partial charge in [-0.1, -0.05) is 0 Å². The number of hydrogen-bond acceptors (Lipinski definition) is 4. The molecule has 0 aliphatic heterocycles. The molecule has 0 aliphatic rings. The SMILES string of the molecule is COc1cc(NS(=O)(=O)c2ccc(F)cc2N)ccc1F. The third-order valence-electron chi connectivity index (χ3n) is 2.66. The zero-order valence-corrected chi connectivity index (χ0v) is 11.7. The molecule has 0 amide bonds. The van der Waals surface area contributed by atoms with Gasteiger partial charge < -0.3 is 10.5 Å². The quantitative estimate of drug-likeness (QED) is 0.849. The number of hydrogen-bond donors (Lipinski definition) is 2. The van der Waals surface area contributed by atoms with Gasteiger partial charge in [0.2, 0.25) is 0 Å². The van der Waals surface area contributed by atoms with Crippen LogP contribution in [-0.2, 0) is 10.0 Å². The normalized spacial score (nSPS) is 11.2. The van der Waals surface area contributed by atoms with Gasteiger partial charge >= 0.3 is 0 Å². The van der Waals surface area contributed by atoms with Gasteiger partial charge in [0, 0.05) is 6.07 Å². The highest BCUT2D eigenvalue weighted by Gasteiger charge is 2.18. The Bertz CT molecular complexity index is 779. The van der Waals surface area contributed by atoms with Crippen molar-refractivity contribution in [1.82, 2.24) is 0 Å². The van der Waals surface area contributed by atoms with Crippen LogP contribution in [-0.4, -0.2) is 15.5 Å². The van der Waals surface area contributed by atoms with Crippen LogP contribution in [0.4, 0.5) is 20.2 Å². The zero-order chi connectivity index (χ0) is 15.6. The first-order valence-corrected chi connectivity index (χ1v) is 7.23. The number of nitrogens with one attached hydrogen (secondary N) is 1. The van der Waals surface area contributed by atoms with E-state index in [4.69, 9.17) is 10.5 Å². The van der Waals surface area contributed by atoms with E-state index in [1.54, 1.807) is 0 Å². The molecular weight excluding hydrogens is 302 g/mol. The van der Waals surface area contributed by atoms with Crippen LogP contribution in [0.5, 0.6) is 5.75 Å². The Hall–Kier alpha value is -2.35. The van der Waals surface area contributed by atoms with Gasteiger partial charge in [-0.2, -0.15) is 0 Å². The minimum atomic E-state index is -4.02. The summed E-state index contributed by atoms with van der Waals surface area (Å²) in [5.41, 5.74) is 5.37. The van der Waals surface area contributed by atoms with Crippen molar-refractivity contribution < 1.29 is 21.9 Å². The zero-order valence-electron chi connectivity index (χ0n) is 10.9. The standard InChI is InChI=1S/C13H12F2N2O3S/c1-20-12-7-9(3-4-10(12)15)17-21(18,19)13-5-2-8(14)6-11(13)16/h2-7,17H,16H2,1H3. The van der Waals surface area contributed by atoms with Crippen molar-refractivity contribution in [1.29, 1.82) is 0 Å². The molecule has 0 unspecified atom stereocenters. The number of nitrogen functional groups attached to an aromatic ring is 1. The average molecular weight is 314 g/mol. The summed E-state index contributed by atoms with van der Waals surface area (Å²) in [6.07, 6.45) is 0. The molecule has 0 spiro atoms. The van der Waals surface area contributed by atoms with Gasteiger partial charge in [0.25, 0.3) is 10.0 Å². The van der Waals surface area contributed by atoms with Gasteiger partial charge in [0.15, 0.2) is 11.6 Å². The van der Waals surface area contributed by atoms with Crippen molar-refractivity contribution in [3.63, 3.8) is 0 Å². The monoisotopic (exact) mass is 314 g/mol. The van der Waals surface area contributed by atoms with Gasteiger partial charge in [-0.25, -0.2) is 17.2 Å². The molecular formula is C13H12F2N2O3S. The Morgan fingerprint density at radius 2 is 1.86 bits per heavy atom. The Kier molecular flexibility index (Phi) is 3.99. The topological polar surface area (TPSA) is 81.4 Å². The smallest absolute Gasteiger partial charge is 0.263 e. The fourth-order valence-corrected chi connectivity index (χ4v) is 2.86. The molecule has 21 heavy (non-hydrogen) atoms. The summed E-state index contributed by atoms with van der Waals surface area (Å²) in [6, 6.07) is 6.41. The largest absolute Gasteiger partial charge is 0.494 e. The van der Waals surface area contributed by atoms with Crippen molar-refractivity contribution in [3.8, 4) is 5.75 Å². The molecule has 0 saturated carbocycles. The molecule has 3 N–H and O–H groups in total. The molecule has 0 heterocycles. The van der Waals surface area contributed by atoms with Crippen LogP contribution in [0.3, 0.4) is 0 Å². The lowest BCUT2D eigenvalue weighted by atomic mass is 10.3. The average Bonchev–Trinajstić information content (AvgIpc) is 2.40. The minimum absolute atomic E-state index is 0.0944. The highest BCUT2D eigenvalue weighted by atomic mass is 32.2. The number of sulfonamides is 1. The van der Waals surface area contributed by atoms with E-state index in [1.807, 2.05) is 0 Å². The lowest BCUT2D eigenvalue weighted by molar-refractivity contribution is 0.387. The number of nitrogens with two attached hydrogens (primary N) is 1. The van der Waals surface area contributed by atoms with Crippen LogP contribution in [0.2, 0.25) is 0 Å². The van der Waals surface area contributed by atoms with E-state index in [0.717, 1.165) is 24.3 Å². The first-order valence-electron chi connectivity index (χ1n) is 5.75. The summed E-state index contributed by atoms with van der Waals surface area (Å²) in [5, 5.41) is 0. The molecule has 112 valence electrons. The first-order chi connectivity index (χ1) is 9.83. The summed E-state index contributed by atoms with van der Waals surface area (Å²) in [4.78, 5) is -0.271. The Morgan fingerprint density at radius 3 is 2.48 bits per heavy atom. The summed E-state index contributed by atoms with van der Waals surface area (Å²) in [6.45, 7) is 0. The van der Waals surface area contributed by atoms with Crippen molar-refractivity contribution in [2.45, 2.75) is 4.90 Å². The van der Waals surface area contributed by atoms with E-state index in [9.17, 15) is 17.2 Å². The Labute approximate surface area is 120 Å². The second-order valence-corrected chi connectivity index (χ2v) is 5.79. The van der Waals surface area contributed by atoms with Crippen molar-refractivity contribution in [2.24, 2.45) is 0 Å². The lowest BCUT2D eigenvalue weighted by Gasteiger charge is -2.11. The van der Waals surface area contributed by atoms with Gasteiger partial charge in [-0.15, -0.1) is 0 Å². The van der Waals surface area contributed by atoms with Gasteiger partial charge in [-0.3, -0.25) is 4.72 Å². The van der Waals surface area contributed by atoms with Crippen molar-refractivity contribution >= 4 is 21.4 Å². The number of ether oxygens (including phenoxy) is 1. The summed E-state index contributed by atoms with van der Waals surface area (Å²) < 4.78 is 57.5. The number of anilines is 2. The van der Waals surface area contributed by atoms with E-state index in [0.29, 0.717) is 0 Å². The number of methoxy groups -OCH3 is 1. The Balaban J connectivity index is 2.37. The van der Waals surface area contributed by atoms with Crippen molar-refractivity contribution in [2.75, 3.05) is 17.6 Å². The lowest BCUT2D eigenvalue weighted by Crippen LogP contribution is -2.15. The van der Waals surface area contributed by atoms with Crippen LogP contribution in [0.25, 0.3) is 0 Å². The fraction of sp³-hybridized carbons (Fsp3) is 0.0769. The molecule has 0 aromatic heterocycles. The van der Waals surface area contributed by atoms with E-state index in [-0.39, 0.29) is 22.0 Å². The van der Waals surface area contributed by atoms with Gasteiger partial charge in [0.05, 0.1) is 18.5 Å². The minimum Gasteiger partial charge on any atom is -0.494 e. The van der Waals surface area contributed by atoms with Crippen LogP contribution in [0.1, 0.15) is 0 Å². The van der Waals surface area contributed by atoms with E-state index < -0.39 is 21.7 Å². The molecule has 0 bridgehead atoms. The predicted octanol–water partition coefficient (Wildman–Crippen LogP) is 2.36. The molecule has 0 atom stereocenters. The summed E-state index contributed by atoms with van der Waals surface area (Å²) >= 11 is 0. The maximum absolute atomic E-state index is 13.3. The fourth-order valence-electron chi connectivity index (χ4n) is 1.70. The molecule has 2 aromatic rings. The maximum atomic E-state index is 13.3. The van der Waals surface area contributed by atoms with Gasteiger partial charge in [-0.05, 0) is 30.3 Å². The second-order valence-electron chi connectivity index (χ2n) is 4.14. The third kappa shape index (κ3) is 3.22. The van der Waals surface area contributed by atoms with Crippen LogP contribution in [0, 0.1) is 11.6 Å². The maximum Gasteiger partial charge on any atom is 0.263 e. The Morgan fingerprint density at radius 1 is 1.14 bits per heavy atom. The summed E-state index contributed by atoms with van der Waals surface area (Å²) in [5.74, 6) is -1.38. The van der Waals surface area contributed by atoms with Gasteiger partial charge in [0.1, 0.15) is 10.7 Å². The molecule has 8 heteroatoms. The highest BCUT2D eigenvalue weighted by molar-refractivity contribution is 7.92. The molecule has 0 saturated heterocycles. The third-order valence-corrected chi connectivity index (χ3v) is 4.12. The number of benzene rings is 2. The molecule has 0 aliphatic carbocycles. The van der Waals surface area contributed by atoms with E-state index >= 15 is 0 Å². The highest BCUT2D eigenvalue weighted by Crippen LogP contribution is 2.26. The molecule has 0 radical (unpaired) electrons. The first kappa shape index (κ1) is 15.0.